The van der Waals surface area contributed by atoms with Gasteiger partial charge in [-0.2, -0.15) is 0 Å². The zero-order valence-electron chi connectivity index (χ0n) is 17.0. The number of sulfonamides is 1. The summed E-state index contributed by atoms with van der Waals surface area (Å²) in [5.41, 5.74) is 2.60. The summed E-state index contributed by atoms with van der Waals surface area (Å²) in [5.74, 6) is 0.102. The Balaban J connectivity index is 1.86. The predicted molar refractivity (Wildman–Crippen MR) is 117 cm³/mol. The lowest BCUT2D eigenvalue weighted by atomic mass is 10.1. The Bertz CT molecular complexity index is 902. The van der Waals surface area contributed by atoms with Crippen molar-refractivity contribution in [1.82, 2.24) is 4.72 Å². The molecule has 1 amide bonds. The molecule has 0 spiro atoms. The van der Waals surface area contributed by atoms with Crippen molar-refractivity contribution >= 4 is 33.0 Å². The standard InChI is InChI=1S/C21H30N2O3S2/c1-15(2)13-22-28(25,26)14-18-7-5-9-20(12-18)23-21(24)10-6-8-19-11-16(3)27-17(19)4/h5,7,9,11-12,15,22H,6,8,10,13-14H2,1-4H3,(H,23,24). The van der Waals surface area contributed by atoms with Crippen molar-refractivity contribution in [2.45, 2.75) is 52.7 Å². The molecule has 0 radical (unpaired) electrons. The third kappa shape index (κ3) is 7.73. The smallest absolute Gasteiger partial charge is 0.224 e. The molecule has 0 aliphatic carbocycles. The summed E-state index contributed by atoms with van der Waals surface area (Å²) >= 11 is 1.79. The van der Waals surface area contributed by atoms with Crippen molar-refractivity contribution in [3.63, 3.8) is 0 Å². The highest BCUT2D eigenvalue weighted by atomic mass is 32.2. The number of aryl methyl sites for hydroxylation is 3. The van der Waals surface area contributed by atoms with Crippen LogP contribution in [0.25, 0.3) is 0 Å². The third-order valence-corrected chi connectivity index (χ3v) is 6.60. The molecule has 1 aromatic carbocycles. The first-order valence-corrected chi connectivity index (χ1v) is 12.0. The molecule has 0 saturated carbocycles. The number of rotatable bonds is 10. The van der Waals surface area contributed by atoms with Crippen LogP contribution in [0, 0.1) is 19.8 Å². The Labute approximate surface area is 172 Å². The van der Waals surface area contributed by atoms with Crippen LogP contribution in [0.4, 0.5) is 5.69 Å². The van der Waals surface area contributed by atoms with E-state index in [1.165, 1.54) is 15.3 Å². The van der Waals surface area contributed by atoms with E-state index in [2.05, 4.69) is 30.0 Å². The maximum absolute atomic E-state index is 12.2. The fourth-order valence-corrected chi connectivity index (χ4v) is 5.18. The molecule has 1 heterocycles. The molecular weight excluding hydrogens is 392 g/mol. The van der Waals surface area contributed by atoms with Gasteiger partial charge in [0.05, 0.1) is 5.75 Å². The van der Waals surface area contributed by atoms with E-state index in [0.29, 0.717) is 24.2 Å². The minimum atomic E-state index is -3.38. The number of hydrogen-bond acceptors (Lipinski definition) is 4. The van der Waals surface area contributed by atoms with Gasteiger partial charge in [0.15, 0.2) is 0 Å². The van der Waals surface area contributed by atoms with Gasteiger partial charge in [-0.1, -0.05) is 26.0 Å². The largest absolute Gasteiger partial charge is 0.326 e. The molecule has 154 valence electrons. The van der Waals surface area contributed by atoms with E-state index < -0.39 is 10.0 Å². The number of carbonyl (C=O) groups is 1. The minimum Gasteiger partial charge on any atom is -0.326 e. The summed E-state index contributed by atoms with van der Waals surface area (Å²) < 4.78 is 26.9. The molecule has 1 aromatic heterocycles. The lowest BCUT2D eigenvalue weighted by molar-refractivity contribution is -0.116. The second-order valence-electron chi connectivity index (χ2n) is 7.54. The van der Waals surface area contributed by atoms with Crippen LogP contribution >= 0.6 is 11.3 Å². The van der Waals surface area contributed by atoms with Crippen LogP contribution in [-0.4, -0.2) is 20.9 Å². The van der Waals surface area contributed by atoms with E-state index in [1.807, 2.05) is 13.8 Å². The number of hydrogen-bond donors (Lipinski definition) is 2. The van der Waals surface area contributed by atoms with Gasteiger partial charge in [0.1, 0.15) is 0 Å². The molecule has 5 nitrogen and oxygen atoms in total. The molecule has 0 fully saturated rings. The summed E-state index contributed by atoms with van der Waals surface area (Å²) in [5, 5.41) is 2.87. The number of anilines is 1. The van der Waals surface area contributed by atoms with Crippen LogP contribution in [0.3, 0.4) is 0 Å². The number of benzene rings is 1. The first-order chi connectivity index (χ1) is 13.1. The molecule has 0 atom stereocenters. The van der Waals surface area contributed by atoms with Gasteiger partial charge in [-0.3, -0.25) is 4.79 Å². The Morgan fingerprint density at radius 3 is 2.57 bits per heavy atom. The van der Waals surface area contributed by atoms with Crippen molar-refractivity contribution in [1.29, 1.82) is 0 Å². The van der Waals surface area contributed by atoms with Crippen LogP contribution in [0.2, 0.25) is 0 Å². The SMILES string of the molecule is Cc1cc(CCCC(=O)Nc2cccc(CS(=O)(=O)NCC(C)C)c2)c(C)s1. The van der Waals surface area contributed by atoms with Crippen molar-refractivity contribution in [3.8, 4) is 0 Å². The zero-order chi connectivity index (χ0) is 20.7. The Morgan fingerprint density at radius 2 is 1.93 bits per heavy atom. The molecule has 2 N–H and O–H groups in total. The van der Waals surface area contributed by atoms with Gasteiger partial charge in [-0.05, 0) is 61.9 Å². The molecule has 0 unspecified atom stereocenters. The van der Waals surface area contributed by atoms with E-state index in [0.717, 1.165) is 12.8 Å². The molecular formula is C21H30N2O3S2. The van der Waals surface area contributed by atoms with Gasteiger partial charge in [0.2, 0.25) is 15.9 Å². The van der Waals surface area contributed by atoms with Gasteiger partial charge in [0, 0.05) is 28.4 Å². The van der Waals surface area contributed by atoms with Gasteiger partial charge in [-0.25, -0.2) is 13.1 Å². The highest BCUT2D eigenvalue weighted by Gasteiger charge is 2.13. The second-order valence-corrected chi connectivity index (χ2v) is 10.8. The van der Waals surface area contributed by atoms with E-state index in [1.54, 1.807) is 35.6 Å². The van der Waals surface area contributed by atoms with Gasteiger partial charge in [0.25, 0.3) is 0 Å². The van der Waals surface area contributed by atoms with Crippen LogP contribution in [0.1, 0.15) is 47.6 Å². The molecule has 0 aliphatic rings. The van der Waals surface area contributed by atoms with Crippen LogP contribution in [0.15, 0.2) is 30.3 Å². The monoisotopic (exact) mass is 422 g/mol. The highest BCUT2D eigenvalue weighted by molar-refractivity contribution is 7.88. The van der Waals surface area contributed by atoms with Crippen LogP contribution in [-0.2, 0) is 27.0 Å². The predicted octanol–water partition coefficient (Wildman–Crippen LogP) is 4.40. The minimum absolute atomic E-state index is 0.0532. The summed E-state index contributed by atoms with van der Waals surface area (Å²) in [6.07, 6.45) is 2.12. The molecule has 7 heteroatoms. The first kappa shape index (κ1) is 22.6. The summed E-state index contributed by atoms with van der Waals surface area (Å²) in [7, 11) is -3.38. The maximum Gasteiger partial charge on any atom is 0.224 e. The van der Waals surface area contributed by atoms with Crippen molar-refractivity contribution in [2.24, 2.45) is 5.92 Å². The summed E-state index contributed by atoms with van der Waals surface area (Å²) in [6.45, 7) is 8.54. The molecule has 2 rings (SSSR count). The third-order valence-electron chi connectivity index (χ3n) is 4.27. The Morgan fingerprint density at radius 1 is 1.18 bits per heavy atom. The Kier molecular flexibility index (Phi) is 8.22. The van der Waals surface area contributed by atoms with Crippen LogP contribution in [0.5, 0.6) is 0 Å². The molecule has 0 aliphatic heterocycles. The molecule has 2 aromatic rings. The number of amides is 1. The van der Waals surface area contributed by atoms with E-state index in [9.17, 15) is 13.2 Å². The average Bonchev–Trinajstić information content (AvgIpc) is 2.90. The van der Waals surface area contributed by atoms with Gasteiger partial charge < -0.3 is 5.32 Å². The lowest BCUT2D eigenvalue weighted by Gasteiger charge is -2.10. The van der Waals surface area contributed by atoms with Crippen LogP contribution < -0.4 is 10.0 Å². The fraction of sp³-hybridized carbons (Fsp3) is 0.476. The summed E-state index contributed by atoms with van der Waals surface area (Å²) in [4.78, 5) is 14.8. The zero-order valence-corrected chi connectivity index (χ0v) is 18.7. The van der Waals surface area contributed by atoms with E-state index >= 15 is 0 Å². The van der Waals surface area contributed by atoms with E-state index in [-0.39, 0.29) is 17.6 Å². The first-order valence-electron chi connectivity index (χ1n) is 9.56. The van der Waals surface area contributed by atoms with Gasteiger partial charge >= 0.3 is 0 Å². The van der Waals surface area contributed by atoms with Crippen molar-refractivity contribution in [2.75, 3.05) is 11.9 Å². The lowest BCUT2D eigenvalue weighted by Crippen LogP contribution is -2.28. The van der Waals surface area contributed by atoms with Gasteiger partial charge in [-0.15, -0.1) is 11.3 Å². The normalized spacial score (nSPS) is 11.8. The average molecular weight is 423 g/mol. The topological polar surface area (TPSA) is 75.3 Å². The number of carbonyl (C=O) groups excluding carboxylic acids is 1. The fourth-order valence-electron chi connectivity index (χ4n) is 2.90. The number of thiophene rings is 1. The Hall–Kier alpha value is -1.70. The maximum atomic E-state index is 12.2. The molecule has 0 saturated heterocycles. The highest BCUT2D eigenvalue weighted by Crippen LogP contribution is 2.22. The second kappa shape index (κ2) is 10.2. The van der Waals surface area contributed by atoms with E-state index in [4.69, 9.17) is 0 Å². The quantitative estimate of drug-likeness (QED) is 0.596. The van der Waals surface area contributed by atoms with Crippen molar-refractivity contribution in [3.05, 3.63) is 51.2 Å². The molecule has 0 bridgehead atoms. The molecule has 28 heavy (non-hydrogen) atoms. The van der Waals surface area contributed by atoms with Crippen molar-refractivity contribution < 1.29 is 13.2 Å². The number of nitrogens with one attached hydrogen (secondary N) is 2. The summed E-state index contributed by atoms with van der Waals surface area (Å²) in [6, 6.07) is 9.21.